The van der Waals surface area contributed by atoms with Crippen molar-refractivity contribution in [3.05, 3.63) is 0 Å². The van der Waals surface area contributed by atoms with Crippen LogP contribution in [0.4, 0.5) is 0 Å². The van der Waals surface area contributed by atoms with Crippen LogP contribution in [0, 0.1) is 0 Å². The number of sulfone groups is 1. The van der Waals surface area contributed by atoms with Crippen LogP contribution in [0.5, 0.6) is 0 Å². The molecule has 86 valence electrons. The molecule has 0 spiro atoms. The summed E-state index contributed by atoms with van der Waals surface area (Å²) in [6.45, 7) is 1.58. The van der Waals surface area contributed by atoms with Crippen LogP contribution in [-0.4, -0.2) is 38.6 Å². The third kappa shape index (κ3) is 8.46. The standard InChI is InChI=1S/C7H16O5S2/c1-2-13(8,9)6-4-3-5-7-14(10,11)12/h2-7H2,1H3,(H,10,11,12). The van der Waals surface area contributed by atoms with Crippen molar-refractivity contribution >= 4 is 20.0 Å². The molecule has 0 aliphatic heterocycles. The van der Waals surface area contributed by atoms with Crippen LogP contribution >= 0.6 is 0 Å². The van der Waals surface area contributed by atoms with Gasteiger partial charge < -0.3 is 0 Å². The minimum Gasteiger partial charge on any atom is -0.286 e. The number of rotatable bonds is 7. The van der Waals surface area contributed by atoms with Gasteiger partial charge in [-0.1, -0.05) is 13.3 Å². The second kappa shape index (κ2) is 5.67. The van der Waals surface area contributed by atoms with Crippen molar-refractivity contribution in [3.63, 3.8) is 0 Å². The molecule has 0 aromatic rings. The van der Waals surface area contributed by atoms with Gasteiger partial charge in [-0.2, -0.15) is 8.42 Å². The zero-order chi connectivity index (χ0) is 11.2. The maximum Gasteiger partial charge on any atom is 0.264 e. The number of unbranched alkanes of at least 4 members (excludes halogenated alkanes) is 2. The zero-order valence-corrected chi connectivity index (χ0v) is 9.77. The van der Waals surface area contributed by atoms with Gasteiger partial charge in [-0.05, 0) is 12.8 Å². The van der Waals surface area contributed by atoms with Crippen LogP contribution in [0.3, 0.4) is 0 Å². The normalized spacial score (nSPS) is 13.0. The molecule has 0 aromatic carbocycles. The van der Waals surface area contributed by atoms with Gasteiger partial charge in [0.25, 0.3) is 10.1 Å². The summed E-state index contributed by atoms with van der Waals surface area (Å²) in [6.07, 6.45) is 1.25. The fourth-order valence-corrected chi connectivity index (χ4v) is 2.43. The Bertz CT molecular complexity index is 340. The molecule has 0 rings (SSSR count). The van der Waals surface area contributed by atoms with E-state index in [1.165, 1.54) is 0 Å². The average molecular weight is 244 g/mol. The first-order valence-electron chi connectivity index (χ1n) is 4.42. The predicted molar refractivity (Wildman–Crippen MR) is 54.6 cm³/mol. The molecule has 0 aliphatic rings. The van der Waals surface area contributed by atoms with Crippen molar-refractivity contribution in [1.29, 1.82) is 0 Å². The summed E-state index contributed by atoms with van der Waals surface area (Å²) in [5.41, 5.74) is 0. The lowest BCUT2D eigenvalue weighted by atomic mass is 10.3. The summed E-state index contributed by atoms with van der Waals surface area (Å²) in [5.74, 6) is -0.0839. The van der Waals surface area contributed by atoms with Gasteiger partial charge in [0.1, 0.15) is 9.84 Å². The van der Waals surface area contributed by atoms with Crippen molar-refractivity contribution in [2.45, 2.75) is 26.2 Å². The summed E-state index contributed by atoms with van der Waals surface area (Å²) in [6, 6.07) is 0. The van der Waals surface area contributed by atoms with Crippen LogP contribution in [0.2, 0.25) is 0 Å². The minimum atomic E-state index is -3.90. The fraction of sp³-hybridized carbons (Fsp3) is 1.00. The van der Waals surface area contributed by atoms with E-state index in [0.717, 1.165) is 0 Å². The molecule has 0 saturated heterocycles. The molecule has 5 nitrogen and oxygen atoms in total. The van der Waals surface area contributed by atoms with Gasteiger partial charge in [-0.25, -0.2) is 8.42 Å². The van der Waals surface area contributed by atoms with E-state index >= 15 is 0 Å². The van der Waals surface area contributed by atoms with E-state index in [1.807, 2.05) is 0 Å². The van der Waals surface area contributed by atoms with Gasteiger partial charge in [0.15, 0.2) is 0 Å². The van der Waals surface area contributed by atoms with Crippen LogP contribution in [0.25, 0.3) is 0 Å². The van der Waals surface area contributed by atoms with Gasteiger partial charge in [-0.3, -0.25) is 4.55 Å². The molecular formula is C7H16O5S2. The van der Waals surface area contributed by atoms with Crippen molar-refractivity contribution in [1.82, 2.24) is 0 Å². The maximum atomic E-state index is 11.0. The monoisotopic (exact) mass is 244 g/mol. The van der Waals surface area contributed by atoms with Crippen LogP contribution in [-0.2, 0) is 20.0 Å². The molecule has 0 bridgehead atoms. The lowest BCUT2D eigenvalue weighted by Crippen LogP contribution is -2.09. The highest BCUT2D eigenvalue weighted by atomic mass is 32.2. The average Bonchev–Trinajstić information content (AvgIpc) is 2.01. The van der Waals surface area contributed by atoms with Crippen LogP contribution in [0.1, 0.15) is 26.2 Å². The molecule has 0 aromatic heterocycles. The molecule has 0 radical (unpaired) electrons. The van der Waals surface area contributed by atoms with Crippen molar-refractivity contribution in [2.24, 2.45) is 0 Å². The molecule has 1 N–H and O–H groups in total. The Morgan fingerprint density at radius 3 is 1.86 bits per heavy atom. The van der Waals surface area contributed by atoms with Gasteiger partial charge in [0, 0.05) is 5.75 Å². The molecular weight excluding hydrogens is 228 g/mol. The second-order valence-electron chi connectivity index (χ2n) is 3.08. The van der Waals surface area contributed by atoms with Gasteiger partial charge in [-0.15, -0.1) is 0 Å². The van der Waals surface area contributed by atoms with Crippen molar-refractivity contribution in [2.75, 3.05) is 17.3 Å². The third-order valence-electron chi connectivity index (χ3n) is 1.80. The molecule has 0 heterocycles. The largest absolute Gasteiger partial charge is 0.286 e. The highest BCUT2D eigenvalue weighted by molar-refractivity contribution is 7.91. The molecule has 14 heavy (non-hydrogen) atoms. The SMILES string of the molecule is CCS(=O)(=O)CCCCCS(=O)(=O)O. The number of hydrogen-bond acceptors (Lipinski definition) is 4. The Labute approximate surface area is 85.2 Å². The second-order valence-corrected chi connectivity index (χ2v) is 7.13. The Hall–Kier alpha value is -0.140. The smallest absolute Gasteiger partial charge is 0.264 e. The van der Waals surface area contributed by atoms with Gasteiger partial charge in [0.05, 0.1) is 11.5 Å². The molecule has 7 heteroatoms. The summed E-state index contributed by atoms with van der Waals surface area (Å²) in [7, 11) is -6.84. The number of hydrogen-bond donors (Lipinski definition) is 1. The lowest BCUT2D eigenvalue weighted by Gasteiger charge is -2.00. The highest BCUT2D eigenvalue weighted by Crippen LogP contribution is 2.02. The summed E-state index contributed by atoms with van der Waals surface area (Å²) in [5, 5.41) is 0. The van der Waals surface area contributed by atoms with Crippen LogP contribution in [0.15, 0.2) is 0 Å². The van der Waals surface area contributed by atoms with Crippen molar-refractivity contribution in [3.8, 4) is 0 Å². The lowest BCUT2D eigenvalue weighted by molar-refractivity contribution is 0.480. The molecule has 0 saturated carbocycles. The summed E-state index contributed by atoms with van der Waals surface area (Å²) < 4.78 is 50.9. The molecule has 0 fully saturated rings. The Balaban J connectivity index is 3.59. The van der Waals surface area contributed by atoms with E-state index in [9.17, 15) is 16.8 Å². The predicted octanol–water partition coefficient (Wildman–Crippen LogP) is 0.479. The van der Waals surface area contributed by atoms with Gasteiger partial charge in [0.2, 0.25) is 0 Å². The molecule has 0 aliphatic carbocycles. The summed E-state index contributed by atoms with van der Waals surface area (Å²) in [4.78, 5) is 0. The fourth-order valence-electron chi connectivity index (χ4n) is 0.928. The first-order valence-corrected chi connectivity index (χ1v) is 7.85. The van der Waals surface area contributed by atoms with Gasteiger partial charge >= 0.3 is 0 Å². The molecule has 0 amide bonds. The van der Waals surface area contributed by atoms with E-state index in [2.05, 4.69) is 0 Å². The first-order chi connectivity index (χ1) is 6.27. The minimum absolute atomic E-state index is 0.0922. The highest BCUT2D eigenvalue weighted by Gasteiger charge is 2.07. The van der Waals surface area contributed by atoms with Crippen molar-refractivity contribution < 1.29 is 21.4 Å². The Morgan fingerprint density at radius 1 is 0.929 bits per heavy atom. The van der Waals surface area contributed by atoms with E-state index in [0.29, 0.717) is 19.3 Å². The summed E-state index contributed by atoms with van der Waals surface area (Å²) >= 11 is 0. The first kappa shape index (κ1) is 13.9. The third-order valence-corrected chi connectivity index (χ3v) is 4.39. The quantitative estimate of drug-likeness (QED) is 0.520. The maximum absolute atomic E-state index is 11.0. The van der Waals surface area contributed by atoms with E-state index in [1.54, 1.807) is 6.92 Å². The Kier molecular flexibility index (Phi) is 5.61. The zero-order valence-electron chi connectivity index (χ0n) is 8.14. The molecule has 0 unspecified atom stereocenters. The van der Waals surface area contributed by atoms with E-state index < -0.39 is 20.0 Å². The Morgan fingerprint density at radius 2 is 1.43 bits per heavy atom. The topological polar surface area (TPSA) is 88.5 Å². The van der Waals surface area contributed by atoms with E-state index in [4.69, 9.17) is 4.55 Å². The molecule has 0 atom stereocenters. The van der Waals surface area contributed by atoms with Crippen LogP contribution < -0.4 is 0 Å². The van der Waals surface area contributed by atoms with E-state index in [-0.39, 0.29) is 17.3 Å².